The fourth-order valence-electron chi connectivity index (χ4n) is 4.83. The smallest absolute Gasteiger partial charge is 0.268 e. The fraction of sp³-hybridized carbons (Fsp3) is 0.500. The third kappa shape index (κ3) is 4.96. The van der Waals surface area contributed by atoms with Crippen LogP contribution in [0.5, 0.6) is 0 Å². The summed E-state index contributed by atoms with van der Waals surface area (Å²) in [6.45, 7) is 15.4. The van der Waals surface area contributed by atoms with Gasteiger partial charge in [0.25, 0.3) is 15.9 Å². The summed E-state index contributed by atoms with van der Waals surface area (Å²) in [5.41, 5.74) is 0.258. The van der Waals surface area contributed by atoms with Crippen molar-refractivity contribution in [2.45, 2.75) is 64.2 Å². The van der Waals surface area contributed by atoms with E-state index < -0.39 is 24.0 Å². The van der Waals surface area contributed by atoms with Gasteiger partial charge in [0.15, 0.2) is 5.82 Å². The second-order valence-electron chi connectivity index (χ2n) is 11.4. The zero-order valence-corrected chi connectivity index (χ0v) is 24.0. The Bertz CT molecular complexity index is 1420. The largest absolute Gasteiger partial charge is 0.350 e. The molecule has 0 unspecified atom stereocenters. The lowest BCUT2D eigenvalue weighted by molar-refractivity contribution is 0.0981. The average Bonchev–Trinajstić information content (AvgIpc) is 3.43. The van der Waals surface area contributed by atoms with E-state index in [0.29, 0.717) is 29.8 Å². The van der Waals surface area contributed by atoms with Crippen LogP contribution in [-0.4, -0.2) is 59.0 Å². The van der Waals surface area contributed by atoms with Crippen molar-refractivity contribution in [1.82, 2.24) is 29.3 Å². The molecule has 1 atom stereocenters. The Labute approximate surface area is 213 Å². The zero-order valence-electron chi connectivity index (χ0n) is 22.2. The number of hydrogen-bond acceptors (Lipinski definition) is 7. The number of nitrogens with one attached hydrogen (secondary N) is 1. The summed E-state index contributed by atoms with van der Waals surface area (Å²) in [4.78, 5) is 20.3. The van der Waals surface area contributed by atoms with Gasteiger partial charge in [-0.05, 0) is 51.3 Å². The molecule has 4 rings (SSSR count). The molecular weight excluding hydrogens is 494 g/mol. The van der Waals surface area contributed by atoms with Crippen LogP contribution in [0, 0.1) is 12.8 Å². The number of rotatable bonds is 6. The van der Waals surface area contributed by atoms with Crippen LogP contribution in [0.25, 0.3) is 5.82 Å². The molecule has 4 heterocycles. The van der Waals surface area contributed by atoms with E-state index in [4.69, 9.17) is 10.1 Å². The Kier molecular flexibility index (Phi) is 6.40. The van der Waals surface area contributed by atoms with Gasteiger partial charge in [0.2, 0.25) is 0 Å². The predicted molar refractivity (Wildman–Crippen MR) is 142 cm³/mol. The van der Waals surface area contributed by atoms with E-state index in [1.807, 2.05) is 12.3 Å². The first-order chi connectivity index (χ1) is 16.6. The van der Waals surface area contributed by atoms with Crippen LogP contribution in [-0.2, 0) is 17.1 Å². The summed E-state index contributed by atoms with van der Waals surface area (Å²) < 4.78 is 31.4. The molecule has 1 saturated heterocycles. The van der Waals surface area contributed by atoms with E-state index in [2.05, 4.69) is 55.1 Å². The van der Waals surface area contributed by atoms with Gasteiger partial charge in [-0.3, -0.25) is 9.48 Å². The van der Waals surface area contributed by atoms with Gasteiger partial charge >= 0.3 is 0 Å². The molecule has 0 spiro atoms. The summed E-state index contributed by atoms with van der Waals surface area (Å²) in [6.07, 6.45) is 4.19. The van der Waals surface area contributed by atoms with Gasteiger partial charge < -0.3 is 4.90 Å². The molecule has 3 aromatic rings. The molecule has 1 fully saturated rings. The Balaban J connectivity index is 1.77. The third-order valence-electron chi connectivity index (χ3n) is 6.51. The second-order valence-corrected chi connectivity index (χ2v) is 18.0. The van der Waals surface area contributed by atoms with E-state index in [-0.39, 0.29) is 16.0 Å². The lowest BCUT2D eigenvalue weighted by Crippen LogP contribution is -2.41. The Morgan fingerprint density at radius 1 is 1.17 bits per heavy atom. The van der Waals surface area contributed by atoms with Gasteiger partial charge in [-0.15, -0.1) is 0 Å². The molecule has 0 saturated carbocycles. The molecule has 1 amide bonds. The van der Waals surface area contributed by atoms with Crippen molar-refractivity contribution in [3.05, 3.63) is 41.9 Å². The van der Waals surface area contributed by atoms with E-state index in [1.165, 1.54) is 10.9 Å². The van der Waals surface area contributed by atoms with E-state index in [0.717, 1.165) is 11.7 Å². The molecule has 194 valence electrons. The van der Waals surface area contributed by atoms with Crippen molar-refractivity contribution < 1.29 is 13.2 Å². The van der Waals surface area contributed by atoms with E-state index in [9.17, 15) is 13.2 Å². The molecule has 10 nitrogen and oxygen atoms in total. The molecule has 12 heteroatoms. The molecule has 1 N–H and O–H groups in total. The SMILES string of the molecule is Cc1nn(C)cc1S(=O)(=O)NC(=O)c1ccc(-n2ccc([Si](C)(C)C)n2)nc1N1C[C@@H](C)CC1(C)C. The quantitative estimate of drug-likeness (QED) is 0.488. The molecule has 0 radical (unpaired) electrons. The number of pyridine rings is 1. The predicted octanol–water partition coefficient (Wildman–Crippen LogP) is 2.60. The van der Waals surface area contributed by atoms with Gasteiger partial charge in [0.1, 0.15) is 18.8 Å². The molecule has 0 aliphatic carbocycles. The monoisotopic (exact) mass is 529 g/mol. The van der Waals surface area contributed by atoms with Crippen molar-refractivity contribution in [2.75, 3.05) is 11.4 Å². The van der Waals surface area contributed by atoms with Crippen LogP contribution in [0.4, 0.5) is 5.82 Å². The second kappa shape index (κ2) is 8.84. The number of hydrogen-bond donors (Lipinski definition) is 1. The van der Waals surface area contributed by atoms with Crippen molar-refractivity contribution >= 4 is 35.1 Å². The highest BCUT2D eigenvalue weighted by molar-refractivity contribution is 7.90. The summed E-state index contributed by atoms with van der Waals surface area (Å²) in [7, 11) is -4.10. The maximum atomic E-state index is 13.4. The van der Waals surface area contributed by atoms with Crippen LogP contribution in [0.2, 0.25) is 19.6 Å². The summed E-state index contributed by atoms with van der Waals surface area (Å²) in [5.74, 6) is 0.687. The highest BCUT2D eigenvalue weighted by Gasteiger charge is 2.39. The number of anilines is 1. The standard InChI is InChI=1S/C24H35N7O3SSi/c1-16-13-24(3,4)30(14-16)22-18(23(32)28-35(33,34)19-15-29(5)26-17(19)2)9-10-20(25-22)31-12-11-21(27-31)36(6,7)8/h9-12,15-16H,13-14H2,1-8H3,(H,28,32)/t16-/m0/s1. The van der Waals surface area contributed by atoms with Gasteiger partial charge in [-0.1, -0.05) is 26.6 Å². The number of carbonyl (C=O) groups excluding carboxylic acids is 1. The topological polar surface area (TPSA) is 115 Å². The molecule has 1 aliphatic rings. The molecule has 36 heavy (non-hydrogen) atoms. The Hall–Kier alpha value is -2.99. The van der Waals surface area contributed by atoms with Crippen molar-refractivity contribution in [2.24, 2.45) is 13.0 Å². The first-order valence-corrected chi connectivity index (χ1v) is 17.0. The number of nitrogens with zero attached hydrogens (tertiary/aromatic N) is 6. The van der Waals surface area contributed by atoms with Gasteiger partial charge in [-0.25, -0.2) is 22.8 Å². The first-order valence-electron chi connectivity index (χ1n) is 12.0. The highest BCUT2D eigenvalue weighted by atomic mass is 32.2. The minimum absolute atomic E-state index is 0.0324. The summed E-state index contributed by atoms with van der Waals surface area (Å²) in [6, 6.07) is 5.35. The van der Waals surface area contributed by atoms with Crippen LogP contribution >= 0.6 is 0 Å². The molecular formula is C24H35N7O3SSi. The lowest BCUT2D eigenvalue weighted by atomic mass is 9.97. The van der Waals surface area contributed by atoms with Crippen LogP contribution in [0.1, 0.15) is 43.2 Å². The summed E-state index contributed by atoms with van der Waals surface area (Å²) >= 11 is 0. The summed E-state index contributed by atoms with van der Waals surface area (Å²) in [5, 5.41) is 9.89. The molecule has 3 aromatic heterocycles. The number of aromatic nitrogens is 5. The van der Waals surface area contributed by atoms with Crippen LogP contribution < -0.4 is 14.9 Å². The van der Waals surface area contributed by atoms with Crippen molar-refractivity contribution in [3.63, 3.8) is 0 Å². The van der Waals surface area contributed by atoms with Gasteiger partial charge in [-0.2, -0.15) is 10.2 Å². The maximum Gasteiger partial charge on any atom is 0.268 e. The number of carbonyl (C=O) groups is 1. The zero-order chi connectivity index (χ0) is 26.6. The lowest BCUT2D eigenvalue weighted by Gasteiger charge is -2.34. The Morgan fingerprint density at radius 2 is 1.86 bits per heavy atom. The number of aryl methyl sites for hydroxylation is 2. The van der Waals surface area contributed by atoms with Crippen molar-refractivity contribution in [3.8, 4) is 5.82 Å². The van der Waals surface area contributed by atoms with E-state index in [1.54, 1.807) is 30.8 Å². The number of amides is 1. The van der Waals surface area contributed by atoms with E-state index >= 15 is 0 Å². The highest BCUT2D eigenvalue weighted by Crippen LogP contribution is 2.37. The average molecular weight is 530 g/mol. The minimum Gasteiger partial charge on any atom is -0.350 e. The fourth-order valence-corrected chi connectivity index (χ4v) is 7.00. The van der Waals surface area contributed by atoms with Crippen molar-refractivity contribution in [1.29, 1.82) is 0 Å². The van der Waals surface area contributed by atoms with Gasteiger partial charge in [0, 0.05) is 36.8 Å². The molecule has 1 aliphatic heterocycles. The minimum atomic E-state index is -4.11. The van der Waals surface area contributed by atoms with Crippen LogP contribution in [0.15, 0.2) is 35.5 Å². The maximum absolute atomic E-state index is 13.4. The molecule has 0 bridgehead atoms. The van der Waals surface area contributed by atoms with Gasteiger partial charge in [0.05, 0.1) is 11.3 Å². The first kappa shape index (κ1) is 26.1. The molecule has 0 aromatic carbocycles. The third-order valence-corrected chi connectivity index (χ3v) is 9.75. The van der Waals surface area contributed by atoms with Crippen LogP contribution in [0.3, 0.4) is 0 Å². The Morgan fingerprint density at radius 3 is 2.39 bits per heavy atom. The normalized spacial score (nSPS) is 18.0. The number of sulfonamides is 1.